The highest BCUT2D eigenvalue weighted by atomic mass is 19.1. The first kappa shape index (κ1) is 15.9. The van der Waals surface area contributed by atoms with Crippen molar-refractivity contribution in [2.45, 2.75) is 26.3 Å². The second-order valence-electron chi connectivity index (χ2n) is 5.03. The lowest BCUT2D eigenvalue weighted by Crippen LogP contribution is -2.32. The Morgan fingerprint density at radius 2 is 1.95 bits per heavy atom. The zero-order valence-electron chi connectivity index (χ0n) is 12.5. The number of hydrogen-bond donors (Lipinski definition) is 2. The van der Waals surface area contributed by atoms with Crippen LogP contribution in [0.15, 0.2) is 42.5 Å². The van der Waals surface area contributed by atoms with E-state index < -0.39 is 23.6 Å². The van der Waals surface area contributed by atoms with Gasteiger partial charge in [0, 0.05) is 11.8 Å². The van der Waals surface area contributed by atoms with Crippen LogP contribution in [0, 0.1) is 11.6 Å². The van der Waals surface area contributed by atoms with Gasteiger partial charge >= 0.3 is 0 Å². The molecule has 0 bridgehead atoms. The third kappa shape index (κ3) is 4.04. The SMILES string of the molecule is CCc1cccc(NC(C)C(=O)Nc2ccc(F)cc2F)c1. The molecule has 0 saturated carbocycles. The summed E-state index contributed by atoms with van der Waals surface area (Å²) in [6, 6.07) is 10.2. The molecule has 0 spiro atoms. The van der Waals surface area contributed by atoms with Gasteiger partial charge in [0.25, 0.3) is 0 Å². The van der Waals surface area contributed by atoms with E-state index in [1.807, 2.05) is 31.2 Å². The van der Waals surface area contributed by atoms with E-state index in [1.165, 1.54) is 6.07 Å². The third-order valence-corrected chi connectivity index (χ3v) is 3.30. The van der Waals surface area contributed by atoms with Crippen LogP contribution in [-0.2, 0) is 11.2 Å². The number of carbonyl (C=O) groups is 1. The highest BCUT2D eigenvalue weighted by Crippen LogP contribution is 2.16. The molecule has 0 saturated heterocycles. The number of amides is 1. The summed E-state index contributed by atoms with van der Waals surface area (Å²) < 4.78 is 26.4. The molecule has 0 aromatic heterocycles. The van der Waals surface area contributed by atoms with Crippen molar-refractivity contribution < 1.29 is 13.6 Å². The van der Waals surface area contributed by atoms with E-state index >= 15 is 0 Å². The second-order valence-corrected chi connectivity index (χ2v) is 5.03. The van der Waals surface area contributed by atoms with E-state index in [4.69, 9.17) is 0 Å². The molecule has 2 rings (SSSR count). The molecule has 1 amide bonds. The highest BCUT2D eigenvalue weighted by Gasteiger charge is 2.15. The number of carbonyl (C=O) groups excluding carboxylic acids is 1. The van der Waals surface area contributed by atoms with Crippen molar-refractivity contribution in [3.8, 4) is 0 Å². The van der Waals surface area contributed by atoms with Gasteiger partial charge in [-0.1, -0.05) is 19.1 Å². The molecule has 5 heteroatoms. The maximum atomic E-state index is 13.5. The van der Waals surface area contributed by atoms with Gasteiger partial charge in [-0.25, -0.2) is 8.78 Å². The van der Waals surface area contributed by atoms with Crippen LogP contribution in [0.1, 0.15) is 19.4 Å². The third-order valence-electron chi connectivity index (χ3n) is 3.30. The lowest BCUT2D eigenvalue weighted by atomic mass is 10.1. The monoisotopic (exact) mass is 304 g/mol. The average molecular weight is 304 g/mol. The van der Waals surface area contributed by atoms with Gasteiger partial charge in [0.05, 0.1) is 5.69 Å². The maximum Gasteiger partial charge on any atom is 0.246 e. The molecule has 0 heterocycles. The minimum Gasteiger partial charge on any atom is -0.374 e. The van der Waals surface area contributed by atoms with Crippen molar-refractivity contribution in [3.63, 3.8) is 0 Å². The zero-order valence-corrected chi connectivity index (χ0v) is 12.5. The molecule has 22 heavy (non-hydrogen) atoms. The van der Waals surface area contributed by atoms with Crippen LogP contribution in [0.4, 0.5) is 20.2 Å². The Kier molecular flexibility index (Phi) is 5.09. The summed E-state index contributed by atoms with van der Waals surface area (Å²) in [6.07, 6.45) is 0.900. The van der Waals surface area contributed by atoms with Gasteiger partial charge in [-0.3, -0.25) is 4.79 Å². The molecule has 3 nitrogen and oxygen atoms in total. The van der Waals surface area contributed by atoms with E-state index in [1.54, 1.807) is 6.92 Å². The molecule has 0 fully saturated rings. The number of anilines is 2. The molecule has 1 atom stereocenters. The summed E-state index contributed by atoms with van der Waals surface area (Å²) in [6.45, 7) is 3.72. The van der Waals surface area contributed by atoms with Gasteiger partial charge in [-0.15, -0.1) is 0 Å². The van der Waals surface area contributed by atoms with E-state index in [9.17, 15) is 13.6 Å². The van der Waals surface area contributed by atoms with E-state index in [0.717, 1.165) is 29.8 Å². The Morgan fingerprint density at radius 1 is 1.18 bits per heavy atom. The lowest BCUT2D eigenvalue weighted by Gasteiger charge is -2.16. The Labute approximate surface area is 128 Å². The fourth-order valence-electron chi connectivity index (χ4n) is 2.03. The largest absolute Gasteiger partial charge is 0.374 e. The van der Waals surface area contributed by atoms with Crippen molar-refractivity contribution in [2.75, 3.05) is 10.6 Å². The Bertz CT molecular complexity index is 673. The van der Waals surface area contributed by atoms with Crippen LogP contribution in [0.25, 0.3) is 0 Å². The first-order chi connectivity index (χ1) is 10.5. The van der Waals surface area contributed by atoms with Crippen LogP contribution in [-0.4, -0.2) is 11.9 Å². The smallest absolute Gasteiger partial charge is 0.246 e. The van der Waals surface area contributed by atoms with Gasteiger partial charge in [0.1, 0.15) is 17.7 Å². The molecular weight excluding hydrogens is 286 g/mol. The maximum absolute atomic E-state index is 13.5. The number of hydrogen-bond acceptors (Lipinski definition) is 2. The van der Waals surface area contributed by atoms with Gasteiger partial charge in [-0.2, -0.15) is 0 Å². The molecule has 1 unspecified atom stereocenters. The lowest BCUT2D eigenvalue weighted by molar-refractivity contribution is -0.116. The highest BCUT2D eigenvalue weighted by molar-refractivity contribution is 5.96. The topological polar surface area (TPSA) is 41.1 Å². The van der Waals surface area contributed by atoms with Crippen LogP contribution in [0.3, 0.4) is 0 Å². The van der Waals surface area contributed by atoms with Crippen molar-refractivity contribution in [1.82, 2.24) is 0 Å². The summed E-state index contributed by atoms with van der Waals surface area (Å²) in [5, 5.41) is 5.50. The molecular formula is C17H18F2N2O. The summed E-state index contributed by atoms with van der Waals surface area (Å²) in [4.78, 5) is 12.1. The van der Waals surface area contributed by atoms with Crippen LogP contribution in [0.5, 0.6) is 0 Å². The Balaban J connectivity index is 2.02. The van der Waals surface area contributed by atoms with Crippen LogP contribution < -0.4 is 10.6 Å². The van der Waals surface area contributed by atoms with Crippen molar-refractivity contribution in [2.24, 2.45) is 0 Å². The van der Waals surface area contributed by atoms with Crippen molar-refractivity contribution >= 4 is 17.3 Å². The zero-order chi connectivity index (χ0) is 16.1. The summed E-state index contributed by atoms with van der Waals surface area (Å²) in [5.41, 5.74) is 1.94. The second kappa shape index (κ2) is 7.02. The van der Waals surface area contributed by atoms with Crippen LogP contribution >= 0.6 is 0 Å². The van der Waals surface area contributed by atoms with Gasteiger partial charge in [0.2, 0.25) is 5.91 Å². The van der Waals surface area contributed by atoms with E-state index in [2.05, 4.69) is 10.6 Å². The Hall–Kier alpha value is -2.43. The number of nitrogens with one attached hydrogen (secondary N) is 2. The fraction of sp³-hybridized carbons (Fsp3) is 0.235. The summed E-state index contributed by atoms with van der Waals surface area (Å²) in [7, 11) is 0. The molecule has 0 aliphatic rings. The Morgan fingerprint density at radius 3 is 2.64 bits per heavy atom. The van der Waals surface area contributed by atoms with E-state index in [0.29, 0.717) is 0 Å². The predicted molar refractivity (Wildman–Crippen MR) is 83.9 cm³/mol. The van der Waals surface area contributed by atoms with Gasteiger partial charge < -0.3 is 10.6 Å². The predicted octanol–water partition coefficient (Wildman–Crippen LogP) is 3.97. The summed E-state index contributed by atoms with van der Waals surface area (Å²) in [5.74, 6) is -1.88. The minimum atomic E-state index is -0.798. The number of aryl methyl sites for hydroxylation is 1. The first-order valence-electron chi connectivity index (χ1n) is 7.11. The molecule has 2 N–H and O–H groups in total. The average Bonchev–Trinajstić information content (AvgIpc) is 2.50. The number of rotatable bonds is 5. The molecule has 0 radical (unpaired) electrons. The van der Waals surface area contributed by atoms with Crippen molar-refractivity contribution in [1.29, 1.82) is 0 Å². The number of benzene rings is 2. The van der Waals surface area contributed by atoms with Crippen molar-refractivity contribution in [3.05, 3.63) is 59.7 Å². The van der Waals surface area contributed by atoms with Gasteiger partial charge in [0.15, 0.2) is 0 Å². The molecule has 0 aliphatic heterocycles. The number of halogens is 2. The van der Waals surface area contributed by atoms with Crippen LogP contribution in [0.2, 0.25) is 0 Å². The quantitative estimate of drug-likeness (QED) is 0.877. The molecule has 0 aliphatic carbocycles. The minimum absolute atomic E-state index is 0.0395. The normalized spacial score (nSPS) is 11.8. The summed E-state index contributed by atoms with van der Waals surface area (Å²) >= 11 is 0. The first-order valence-corrected chi connectivity index (χ1v) is 7.11. The van der Waals surface area contributed by atoms with Gasteiger partial charge in [-0.05, 0) is 43.2 Å². The molecule has 2 aromatic carbocycles. The molecule has 116 valence electrons. The fourth-order valence-corrected chi connectivity index (χ4v) is 2.03. The standard InChI is InChI=1S/C17H18F2N2O/c1-3-12-5-4-6-14(9-12)20-11(2)17(22)21-16-8-7-13(18)10-15(16)19/h4-11,20H,3H2,1-2H3,(H,21,22). The van der Waals surface area contributed by atoms with E-state index in [-0.39, 0.29) is 5.69 Å². The molecule has 2 aromatic rings.